The third-order valence-corrected chi connectivity index (χ3v) is 6.75. The molecule has 0 aromatic rings. The van der Waals surface area contributed by atoms with Crippen LogP contribution in [0.25, 0.3) is 0 Å². The van der Waals surface area contributed by atoms with E-state index in [2.05, 4.69) is 0 Å². The van der Waals surface area contributed by atoms with Crippen LogP contribution in [0.2, 0.25) is 0 Å². The summed E-state index contributed by atoms with van der Waals surface area (Å²) in [6.45, 7) is 0. The molecule has 0 aliphatic carbocycles. The smallest absolute Gasteiger partial charge is 0.739 e. The van der Waals surface area contributed by atoms with E-state index in [4.69, 9.17) is 0 Å². The molecule has 0 N–H and O–H groups in total. The Morgan fingerprint density at radius 1 is 0.818 bits per heavy atom. The summed E-state index contributed by atoms with van der Waals surface area (Å²) in [6, 6.07) is 0. The second kappa shape index (κ2) is 5.50. The van der Waals surface area contributed by atoms with Gasteiger partial charge in [-0.05, 0) is 0 Å². The van der Waals surface area contributed by atoms with E-state index < -0.39 is 38.0 Å². The molecule has 0 aliphatic heterocycles. The van der Waals surface area contributed by atoms with E-state index in [-0.39, 0.29) is 37.7 Å². The average Bonchev–Trinajstić information content (AvgIpc) is 1.57. The Kier molecular flexibility index (Phi) is 7.63. The van der Waals surface area contributed by atoms with Gasteiger partial charge in [0.15, 0.2) is 18.3 Å². The Hall–Kier alpha value is 1.78. The predicted molar refractivity (Wildman–Crippen MR) is 40.3 cm³/mol. The van der Waals surface area contributed by atoms with E-state index in [1.807, 2.05) is 0 Å². The summed E-state index contributed by atoms with van der Waals surface area (Å²) in [7, 11) is -10.5. The van der Waals surface area contributed by atoms with Crippen molar-refractivity contribution in [3.05, 3.63) is 0 Å². The Morgan fingerprint density at radius 3 is 1.09 bits per heavy atom. The quantitative estimate of drug-likeness (QED) is 0.359. The van der Waals surface area contributed by atoms with Gasteiger partial charge in [-0.3, -0.25) is 0 Å². The molecule has 0 aromatic heterocycles. The van der Waals surface area contributed by atoms with Crippen LogP contribution in [0.3, 0.4) is 0 Å². The standard InChI is InChI=1S/Ca.H2O6S4/c;1-9(2,3)7-8-10(4,5)6/h;(H,1,2,3)(H,4,5,6)/q+2;/p-2. The van der Waals surface area contributed by atoms with Crippen LogP contribution in [-0.4, -0.2) is 63.7 Å². The molecule has 0 fully saturated rings. The molecule has 0 radical (unpaired) electrons. The van der Waals surface area contributed by atoms with Gasteiger partial charge in [0.2, 0.25) is 0 Å². The normalized spacial score (nSPS) is 12.2. The minimum atomic E-state index is -4.71. The molecule has 0 atom stereocenters. The van der Waals surface area contributed by atoms with Crippen molar-refractivity contribution in [2.24, 2.45) is 0 Å². The van der Waals surface area contributed by atoms with Gasteiger partial charge in [0.05, 0.1) is 0 Å². The van der Waals surface area contributed by atoms with Crippen molar-refractivity contribution >= 4 is 75.7 Å². The van der Waals surface area contributed by atoms with Gasteiger partial charge in [0.25, 0.3) is 0 Å². The Labute approximate surface area is 100 Å². The molecule has 0 saturated carbocycles. The maximum absolute atomic E-state index is 9.66. The van der Waals surface area contributed by atoms with Crippen molar-refractivity contribution in [1.29, 1.82) is 0 Å². The van der Waals surface area contributed by atoms with Crippen LogP contribution >= 0.6 is 19.7 Å². The van der Waals surface area contributed by atoms with E-state index in [1.165, 1.54) is 0 Å². The van der Waals surface area contributed by atoms with Crippen LogP contribution in [0.5, 0.6) is 0 Å². The first-order valence-corrected chi connectivity index (χ1v) is 7.50. The summed E-state index contributed by atoms with van der Waals surface area (Å²) in [5.74, 6) is 0. The molecule has 0 rings (SSSR count). The third kappa shape index (κ3) is 14.6. The summed E-state index contributed by atoms with van der Waals surface area (Å²) in [6.07, 6.45) is 0. The summed E-state index contributed by atoms with van der Waals surface area (Å²) in [4.78, 5) is 0. The second-order valence-corrected chi connectivity index (χ2v) is 8.57. The Bertz CT molecular complexity index is 251. The zero-order valence-electron chi connectivity index (χ0n) is 4.79. The molecule has 0 spiro atoms. The maximum atomic E-state index is 9.66. The van der Waals surface area contributed by atoms with Crippen LogP contribution in [-0.2, 0) is 18.3 Å². The average molecular weight is 264 g/mol. The van der Waals surface area contributed by atoms with Crippen molar-refractivity contribution in [3.63, 3.8) is 0 Å². The first-order valence-electron chi connectivity index (χ1n) is 1.50. The van der Waals surface area contributed by atoms with Crippen LogP contribution in [0.15, 0.2) is 0 Å². The molecule has 0 aromatic carbocycles. The van der Waals surface area contributed by atoms with Crippen molar-refractivity contribution < 1.29 is 25.9 Å². The maximum Gasteiger partial charge on any atom is 2.00 e. The van der Waals surface area contributed by atoms with Crippen LogP contribution in [0.4, 0.5) is 0 Å². The fraction of sp³-hybridized carbons (Fsp3) is 0. The van der Waals surface area contributed by atoms with Gasteiger partial charge in [0.1, 0.15) is 0 Å². The van der Waals surface area contributed by atoms with Gasteiger partial charge in [-0.25, -0.2) is 16.8 Å². The summed E-state index contributed by atoms with van der Waals surface area (Å²) in [5.41, 5.74) is 0. The second-order valence-electron chi connectivity index (χ2n) is 0.953. The van der Waals surface area contributed by atoms with Gasteiger partial charge < -0.3 is 9.11 Å². The molecule has 0 amide bonds. The minimum absolute atomic E-state index is 0. The first kappa shape index (κ1) is 15.3. The van der Waals surface area contributed by atoms with Crippen LogP contribution < -0.4 is 0 Å². The van der Waals surface area contributed by atoms with E-state index in [9.17, 15) is 25.9 Å². The number of hydrogen-bond donors (Lipinski definition) is 0. The zero-order chi connectivity index (χ0) is 8.41. The van der Waals surface area contributed by atoms with E-state index in [0.29, 0.717) is 0 Å². The first-order chi connectivity index (χ1) is 4.21. The largest absolute Gasteiger partial charge is 2.00 e. The number of hydrogen-bond acceptors (Lipinski definition) is 8. The predicted octanol–water partition coefficient (Wildman–Crippen LogP) is -1.09. The number of rotatable bonds is 3. The van der Waals surface area contributed by atoms with Crippen LogP contribution in [0.1, 0.15) is 0 Å². The summed E-state index contributed by atoms with van der Waals surface area (Å²) >= 11 is 0. The molecule has 0 saturated heterocycles. The SMILES string of the molecule is O=S(=O)([O-])SSS(=O)(=O)[O-].[Ca+2]. The zero-order valence-corrected chi connectivity index (χ0v) is 10.3. The van der Waals surface area contributed by atoms with Gasteiger partial charge in [-0.15, -0.1) is 0 Å². The molecule has 0 unspecified atom stereocenters. The molecule has 0 aliphatic rings. The van der Waals surface area contributed by atoms with E-state index in [1.54, 1.807) is 0 Å². The molecule has 62 valence electrons. The van der Waals surface area contributed by atoms with Gasteiger partial charge in [-0.2, -0.15) is 0 Å². The summed E-state index contributed by atoms with van der Waals surface area (Å²) < 4.78 is 58.0. The Morgan fingerprint density at radius 2 is 1.00 bits per heavy atom. The fourth-order valence-electron chi connectivity index (χ4n) is 0.0680. The molecular formula is CaO6S4. The van der Waals surface area contributed by atoms with Crippen molar-refractivity contribution in [2.45, 2.75) is 0 Å². The van der Waals surface area contributed by atoms with Crippen molar-refractivity contribution in [2.75, 3.05) is 0 Å². The Balaban J connectivity index is 0. The molecule has 11 heavy (non-hydrogen) atoms. The summed E-state index contributed by atoms with van der Waals surface area (Å²) in [5, 5.41) is 0. The van der Waals surface area contributed by atoms with E-state index >= 15 is 0 Å². The van der Waals surface area contributed by atoms with Crippen LogP contribution in [0, 0.1) is 0 Å². The molecule has 0 heterocycles. The topological polar surface area (TPSA) is 114 Å². The van der Waals surface area contributed by atoms with E-state index in [0.717, 1.165) is 0 Å². The third-order valence-electron chi connectivity index (χ3n) is 0.194. The monoisotopic (exact) mass is 264 g/mol. The minimum Gasteiger partial charge on any atom is -0.739 e. The van der Waals surface area contributed by atoms with Crippen molar-refractivity contribution in [1.82, 2.24) is 0 Å². The van der Waals surface area contributed by atoms with Gasteiger partial charge in [-0.1, -0.05) is 0 Å². The molecule has 0 bridgehead atoms. The fourth-order valence-corrected chi connectivity index (χ4v) is 5.51. The van der Waals surface area contributed by atoms with Crippen molar-refractivity contribution in [3.8, 4) is 0 Å². The van der Waals surface area contributed by atoms with Gasteiger partial charge in [0, 0.05) is 19.7 Å². The molecule has 6 nitrogen and oxygen atoms in total. The molecule has 11 heteroatoms. The van der Waals surface area contributed by atoms with Gasteiger partial charge >= 0.3 is 37.7 Å². The molecular weight excluding hydrogens is 264 g/mol.